The average Bonchev–Trinajstić information content (AvgIpc) is 3.02. The van der Waals surface area contributed by atoms with Crippen LogP contribution in [0.1, 0.15) is 25.7 Å². The Bertz CT molecular complexity index is 257. The molecule has 1 N–H and O–H groups in total. The number of carbonyl (C=O) groups is 1. The van der Waals surface area contributed by atoms with E-state index in [9.17, 15) is 9.90 Å². The van der Waals surface area contributed by atoms with Crippen LogP contribution in [0.2, 0.25) is 0 Å². The molecule has 2 rings (SSSR count). The molecule has 1 heterocycles. The van der Waals surface area contributed by atoms with Crippen molar-refractivity contribution in [2.45, 2.75) is 25.7 Å². The van der Waals surface area contributed by atoms with Crippen LogP contribution in [0, 0.1) is 11.3 Å². The van der Waals surface area contributed by atoms with E-state index in [1.165, 1.54) is 12.8 Å². The zero-order valence-corrected chi connectivity index (χ0v) is 9.95. The lowest BCUT2D eigenvalue weighted by atomic mass is 9.82. The van der Waals surface area contributed by atoms with Crippen molar-refractivity contribution in [2.75, 3.05) is 33.4 Å². The van der Waals surface area contributed by atoms with Gasteiger partial charge in [-0.05, 0) is 38.6 Å². The van der Waals surface area contributed by atoms with Crippen LogP contribution >= 0.6 is 0 Å². The van der Waals surface area contributed by atoms with Gasteiger partial charge in [-0.3, -0.25) is 4.79 Å². The molecule has 4 nitrogen and oxygen atoms in total. The number of carboxylic acid groups (broad SMARTS) is 1. The molecule has 0 spiro atoms. The van der Waals surface area contributed by atoms with Crippen molar-refractivity contribution in [3.8, 4) is 0 Å². The molecule has 0 radical (unpaired) electrons. The molecule has 16 heavy (non-hydrogen) atoms. The molecule has 0 aromatic rings. The Morgan fingerprint density at radius 3 is 2.81 bits per heavy atom. The lowest BCUT2D eigenvalue weighted by Crippen LogP contribution is -2.47. The van der Waals surface area contributed by atoms with E-state index in [2.05, 4.69) is 4.90 Å². The first-order valence-electron chi connectivity index (χ1n) is 6.12. The summed E-state index contributed by atoms with van der Waals surface area (Å²) in [5.74, 6) is 0.107. The molecule has 92 valence electrons. The fraction of sp³-hybridized carbons (Fsp3) is 0.917. The van der Waals surface area contributed by atoms with Crippen molar-refractivity contribution in [2.24, 2.45) is 11.3 Å². The van der Waals surface area contributed by atoms with E-state index in [0.717, 1.165) is 25.3 Å². The molecule has 0 amide bonds. The van der Waals surface area contributed by atoms with Crippen LogP contribution in [0.25, 0.3) is 0 Å². The van der Waals surface area contributed by atoms with E-state index in [1.807, 2.05) is 7.05 Å². The van der Waals surface area contributed by atoms with Crippen LogP contribution in [0.4, 0.5) is 0 Å². The maximum absolute atomic E-state index is 11.4. The summed E-state index contributed by atoms with van der Waals surface area (Å²) < 4.78 is 5.36. The van der Waals surface area contributed by atoms with Crippen molar-refractivity contribution in [3.63, 3.8) is 0 Å². The first-order valence-corrected chi connectivity index (χ1v) is 6.12. The number of nitrogens with zero attached hydrogens (tertiary/aromatic N) is 1. The predicted molar refractivity (Wildman–Crippen MR) is 60.3 cm³/mol. The average molecular weight is 227 g/mol. The van der Waals surface area contributed by atoms with E-state index in [1.54, 1.807) is 0 Å². The SMILES string of the molecule is CN(CC1CC1)CC1(C(=O)O)CCCOC1. The predicted octanol–water partition coefficient (Wildman–Crippen LogP) is 1.21. The summed E-state index contributed by atoms with van der Waals surface area (Å²) in [5, 5.41) is 9.38. The number of ether oxygens (including phenoxy) is 1. The van der Waals surface area contributed by atoms with Crippen LogP contribution in [0.5, 0.6) is 0 Å². The highest BCUT2D eigenvalue weighted by Crippen LogP contribution is 2.33. The van der Waals surface area contributed by atoms with Gasteiger partial charge in [-0.1, -0.05) is 0 Å². The van der Waals surface area contributed by atoms with Gasteiger partial charge in [-0.15, -0.1) is 0 Å². The maximum atomic E-state index is 11.4. The molecule has 1 saturated heterocycles. The van der Waals surface area contributed by atoms with Crippen LogP contribution in [-0.4, -0.2) is 49.3 Å². The van der Waals surface area contributed by atoms with Crippen molar-refractivity contribution < 1.29 is 14.6 Å². The third-order valence-corrected chi connectivity index (χ3v) is 3.62. The quantitative estimate of drug-likeness (QED) is 0.767. The Kier molecular flexibility index (Phi) is 3.50. The fourth-order valence-corrected chi connectivity index (χ4v) is 2.54. The number of hydrogen-bond donors (Lipinski definition) is 1. The smallest absolute Gasteiger partial charge is 0.313 e. The second kappa shape index (κ2) is 4.72. The number of aliphatic carboxylic acids is 1. The molecule has 2 aliphatic rings. The summed E-state index contributed by atoms with van der Waals surface area (Å²) in [6.45, 7) is 2.74. The van der Waals surface area contributed by atoms with Crippen LogP contribution in [0.3, 0.4) is 0 Å². The molecule has 0 aromatic carbocycles. The van der Waals surface area contributed by atoms with Gasteiger partial charge in [-0.2, -0.15) is 0 Å². The van der Waals surface area contributed by atoms with Crippen molar-refractivity contribution in [1.29, 1.82) is 0 Å². The normalized spacial score (nSPS) is 30.6. The number of rotatable bonds is 5. The van der Waals surface area contributed by atoms with E-state index in [4.69, 9.17) is 4.74 Å². The fourth-order valence-electron chi connectivity index (χ4n) is 2.54. The van der Waals surface area contributed by atoms with Gasteiger partial charge in [0.25, 0.3) is 0 Å². The van der Waals surface area contributed by atoms with Crippen LogP contribution in [-0.2, 0) is 9.53 Å². The van der Waals surface area contributed by atoms with Gasteiger partial charge in [0.05, 0.1) is 6.61 Å². The summed E-state index contributed by atoms with van der Waals surface area (Å²) in [6, 6.07) is 0. The van der Waals surface area contributed by atoms with Gasteiger partial charge in [0.15, 0.2) is 0 Å². The van der Waals surface area contributed by atoms with E-state index in [0.29, 0.717) is 19.8 Å². The van der Waals surface area contributed by atoms with Crippen LogP contribution in [0.15, 0.2) is 0 Å². The van der Waals surface area contributed by atoms with Crippen LogP contribution < -0.4 is 0 Å². The van der Waals surface area contributed by atoms with E-state index < -0.39 is 11.4 Å². The van der Waals surface area contributed by atoms with Gasteiger partial charge in [-0.25, -0.2) is 0 Å². The summed E-state index contributed by atoms with van der Waals surface area (Å²) in [6.07, 6.45) is 4.22. The lowest BCUT2D eigenvalue weighted by molar-refractivity contribution is -0.159. The van der Waals surface area contributed by atoms with Crippen molar-refractivity contribution >= 4 is 5.97 Å². The Labute approximate surface area is 96.6 Å². The minimum absolute atomic E-state index is 0.372. The van der Waals surface area contributed by atoms with E-state index >= 15 is 0 Å². The largest absolute Gasteiger partial charge is 0.481 e. The zero-order chi connectivity index (χ0) is 11.6. The molecule has 1 aliphatic heterocycles. The lowest BCUT2D eigenvalue weighted by Gasteiger charge is -2.36. The highest BCUT2D eigenvalue weighted by atomic mass is 16.5. The number of hydrogen-bond acceptors (Lipinski definition) is 3. The molecule has 2 fully saturated rings. The molecular formula is C12H21NO3. The van der Waals surface area contributed by atoms with Gasteiger partial charge in [0.2, 0.25) is 0 Å². The summed E-state index contributed by atoms with van der Waals surface area (Å²) in [4.78, 5) is 13.6. The molecule has 0 bridgehead atoms. The third-order valence-electron chi connectivity index (χ3n) is 3.62. The highest BCUT2D eigenvalue weighted by Gasteiger charge is 2.42. The monoisotopic (exact) mass is 227 g/mol. The molecular weight excluding hydrogens is 206 g/mol. The molecule has 1 aliphatic carbocycles. The van der Waals surface area contributed by atoms with Gasteiger partial charge in [0.1, 0.15) is 5.41 Å². The minimum Gasteiger partial charge on any atom is -0.481 e. The second-order valence-electron chi connectivity index (χ2n) is 5.38. The van der Waals surface area contributed by atoms with E-state index in [-0.39, 0.29) is 0 Å². The van der Waals surface area contributed by atoms with Gasteiger partial charge in [0, 0.05) is 19.7 Å². The zero-order valence-electron chi connectivity index (χ0n) is 9.95. The third kappa shape index (κ3) is 2.74. The first kappa shape index (κ1) is 11.9. The van der Waals surface area contributed by atoms with Gasteiger partial charge >= 0.3 is 5.97 Å². The second-order valence-corrected chi connectivity index (χ2v) is 5.38. The first-order chi connectivity index (χ1) is 7.62. The summed E-state index contributed by atoms with van der Waals surface area (Å²) in [5.41, 5.74) is -0.665. The minimum atomic E-state index is -0.699. The topological polar surface area (TPSA) is 49.8 Å². The Hall–Kier alpha value is -0.610. The Balaban J connectivity index is 1.92. The van der Waals surface area contributed by atoms with Crippen molar-refractivity contribution in [1.82, 2.24) is 4.90 Å². The molecule has 4 heteroatoms. The maximum Gasteiger partial charge on any atom is 0.313 e. The Morgan fingerprint density at radius 1 is 1.56 bits per heavy atom. The standard InChI is InChI=1S/C12H21NO3/c1-13(7-10-3-4-10)8-12(11(14)15)5-2-6-16-9-12/h10H,2-9H2,1H3,(H,14,15). The summed E-state index contributed by atoms with van der Waals surface area (Å²) in [7, 11) is 2.03. The highest BCUT2D eigenvalue weighted by molar-refractivity contribution is 5.75. The molecule has 1 saturated carbocycles. The Morgan fingerprint density at radius 2 is 2.31 bits per heavy atom. The molecule has 1 atom stereocenters. The summed E-state index contributed by atoms with van der Waals surface area (Å²) >= 11 is 0. The molecule has 0 aromatic heterocycles. The number of carboxylic acids is 1. The molecule has 1 unspecified atom stereocenters. The van der Waals surface area contributed by atoms with Gasteiger partial charge < -0.3 is 14.7 Å². The van der Waals surface area contributed by atoms with Crippen molar-refractivity contribution in [3.05, 3.63) is 0 Å².